The minimum absolute atomic E-state index is 0.216. The van der Waals surface area contributed by atoms with Crippen molar-refractivity contribution in [3.05, 3.63) is 34.7 Å². The van der Waals surface area contributed by atoms with Gasteiger partial charge < -0.3 is 15.3 Å². The van der Waals surface area contributed by atoms with E-state index in [2.05, 4.69) is 10.3 Å². The largest absolute Gasteiger partial charge is 0.389 e. The molecule has 124 valence electrons. The molecule has 0 saturated heterocycles. The number of anilines is 1. The summed E-state index contributed by atoms with van der Waals surface area (Å²) in [5, 5.41) is 15.8. The van der Waals surface area contributed by atoms with E-state index in [1.165, 1.54) is 0 Å². The van der Waals surface area contributed by atoms with E-state index in [1.807, 2.05) is 43.5 Å². The van der Waals surface area contributed by atoms with Gasteiger partial charge in [-0.25, -0.2) is 9.78 Å². The van der Waals surface area contributed by atoms with Gasteiger partial charge in [-0.1, -0.05) is 12.1 Å². The van der Waals surface area contributed by atoms with Gasteiger partial charge in [0.1, 0.15) is 0 Å². The summed E-state index contributed by atoms with van der Waals surface area (Å²) in [6.45, 7) is 8.06. The number of aryl methyl sites for hydroxylation is 1. The zero-order valence-electron chi connectivity index (χ0n) is 14.0. The number of hydrogen-bond donors (Lipinski definition) is 2. The Hall–Kier alpha value is -1.92. The summed E-state index contributed by atoms with van der Waals surface area (Å²) < 4.78 is 0. The topological polar surface area (TPSA) is 65.5 Å². The van der Waals surface area contributed by atoms with Crippen molar-refractivity contribution in [3.8, 4) is 11.3 Å². The summed E-state index contributed by atoms with van der Waals surface area (Å²) in [6.07, 6.45) is 0. The lowest BCUT2D eigenvalue weighted by atomic mass is 10.1. The molecule has 6 heteroatoms. The first-order valence-corrected chi connectivity index (χ1v) is 8.47. The van der Waals surface area contributed by atoms with E-state index in [4.69, 9.17) is 0 Å². The lowest BCUT2D eigenvalue weighted by molar-refractivity contribution is 0.0501. The molecular weight excluding hydrogens is 310 g/mol. The second-order valence-electron chi connectivity index (χ2n) is 6.09. The van der Waals surface area contributed by atoms with Gasteiger partial charge in [0.2, 0.25) is 0 Å². The van der Waals surface area contributed by atoms with Crippen LogP contribution in [0.25, 0.3) is 11.3 Å². The maximum absolute atomic E-state index is 12.3. The van der Waals surface area contributed by atoms with Crippen LogP contribution in [0.1, 0.15) is 25.8 Å². The van der Waals surface area contributed by atoms with Crippen molar-refractivity contribution in [1.82, 2.24) is 9.88 Å². The third-order valence-corrected chi connectivity index (χ3v) is 4.07. The third kappa shape index (κ3) is 5.04. The van der Waals surface area contributed by atoms with Crippen LogP contribution >= 0.6 is 11.3 Å². The van der Waals surface area contributed by atoms with Crippen molar-refractivity contribution in [1.29, 1.82) is 0 Å². The summed E-state index contributed by atoms with van der Waals surface area (Å²) in [4.78, 5) is 18.3. The SMILES string of the molecule is CCN(CC(C)(C)O)C(=O)Nc1ccc(-c2csc(C)n2)cc1. The highest BCUT2D eigenvalue weighted by Gasteiger charge is 2.21. The van der Waals surface area contributed by atoms with E-state index in [1.54, 1.807) is 30.1 Å². The molecule has 1 heterocycles. The van der Waals surface area contributed by atoms with E-state index in [0.717, 1.165) is 22.0 Å². The molecule has 0 bridgehead atoms. The molecule has 1 aromatic heterocycles. The number of carbonyl (C=O) groups excluding carboxylic acids is 1. The molecule has 0 atom stereocenters. The third-order valence-electron chi connectivity index (χ3n) is 3.30. The number of carbonyl (C=O) groups is 1. The Kier molecular flexibility index (Phi) is 5.38. The van der Waals surface area contributed by atoms with Crippen LogP contribution in [0.15, 0.2) is 29.6 Å². The van der Waals surface area contributed by atoms with Crippen molar-refractivity contribution >= 4 is 23.1 Å². The van der Waals surface area contributed by atoms with E-state index in [-0.39, 0.29) is 12.6 Å². The lowest BCUT2D eigenvalue weighted by Crippen LogP contribution is -2.44. The summed E-state index contributed by atoms with van der Waals surface area (Å²) >= 11 is 1.62. The number of urea groups is 1. The maximum atomic E-state index is 12.3. The number of thiazole rings is 1. The molecule has 5 nitrogen and oxygen atoms in total. The number of likely N-dealkylation sites (N-methyl/N-ethyl adjacent to an activating group) is 1. The number of aliphatic hydroxyl groups is 1. The Morgan fingerprint density at radius 1 is 1.35 bits per heavy atom. The predicted molar refractivity (Wildman–Crippen MR) is 94.9 cm³/mol. The van der Waals surface area contributed by atoms with Crippen LogP contribution in [-0.4, -0.2) is 39.7 Å². The average Bonchev–Trinajstić information content (AvgIpc) is 2.91. The van der Waals surface area contributed by atoms with E-state index in [9.17, 15) is 9.90 Å². The van der Waals surface area contributed by atoms with Crippen LogP contribution in [0.2, 0.25) is 0 Å². The summed E-state index contributed by atoms with van der Waals surface area (Å²) in [7, 11) is 0. The fraction of sp³-hybridized carbons (Fsp3) is 0.412. The molecule has 0 radical (unpaired) electrons. The van der Waals surface area contributed by atoms with Crippen LogP contribution < -0.4 is 5.32 Å². The molecule has 2 aromatic rings. The molecule has 0 saturated carbocycles. The number of nitrogens with zero attached hydrogens (tertiary/aromatic N) is 2. The van der Waals surface area contributed by atoms with Gasteiger partial charge >= 0.3 is 6.03 Å². The molecule has 0 aliphatic carbocycles. The fourth-order valence-electron chi connectivity index (χ4n) is 2.22. The number of benzene rings is 1. The Balaban J connectivity index is 2.03. The molecule has 0 aliphatic rings. The normalized spacial score (nSPS) is 11.3. The Labute approximate surface area is 141 Å². The molecule has 2 amide bonds. The first kappa shape index (κ1) is 17.4. The zero-order valence-corrected chi connectivity index (χ0v) is 14.8. The number of rotatable bonds is 5. The van der Waals surface area contributed by atoms with Gasteiger partial charge in [0, 0.05) is 23.2 Å². The average molecular weight is 333 g/mol. The first-order valence-electron chi connectivity index (χ1n) is 7.59. The quantitative estimate of drug-likeness (QED) is 0.876. The first-order chi connectivity index (χ1) is 10.8. The van der Waals surface area contributed by atoms with Crippen LogP contribution in [0, 0.1) is 6.92 Å². The van der Waals surface area contributed by atoms with Gasteiger partial charge in [-0.05, 0) is 39.8 Å². The van der Waals surface area contributed by atoms with Crippen LogP contribution in [0.5, 0.6) is 0 Å². The number of amides is 2. The second kappa shape index (κ2) is 7.10. The lowest BCUT2D eigenvalue weighted by Gasteiger charge is -2.28. The number of nitrogens with one attached hydrogen (secondary N) is 1. The number of aromatic nitrogens is 1. The van der Waals surface area contributed by atoms with Gasteiger partial charge in [-0.3, -0.25) is 0 Å². The summed E-state index contributed by atoms with van der Waals surface area (Å²) in [5.41, 5.74) is 1.78. The van der Waals surface area contributed by atoms with Crippen LogP contribution in [0.4, 0.5) is 10.5 Å². The highest BCUT2D eigenvalue weighted by Crippen LogP contribution is 2.23. The molecular formula is C17H23N3O2S. The van der Waals surface area contributed by atoms with Crippen molar-refractivity contribution in [2.75, 3.05) is 18.4 Å². The minimum Gasteiger partial charge on any atom is -0.389 e. The second-order valence-corrected chi connectivity index (χ2v) is 7.15. The molecule has 0 unspecified atom stereocenters. The van der Waals surface area contributed by atoms with Crippen molar-refractivity contribution in [2.45, 2.75) is 33.3 Å². The smallest absolute Gasteiger partial charge is 0.321 e. The molecule has 0 fully saturated rings. The molecule has 1 aromatic carbocycles. The molecule has 0 spiro atoms. The minimum atomic E-state index is -0.917. The molecule has 2 N–H and O–H groups in total. The monoisotopic (exact) mass is 333 g/mol. The maximum Gasteiger partial charge on any atom is 0.321 e. The van der Waals surface area contributed by atoms with Gasteiger partial charge in [0.05, 0.1) is 22.8 Å². The Morgan fingerprint density at radius 2 is 2.00 bits per heavy atom. The molecule has 0 aliphatic heterocycles. The van der Waals surface area contributed by atoms with Crippen LogP contribution in [0.3, 0.4) is 0 Å². The van der Waals surface area contributed by atoms with Gasteiger partial charge in [-0.2, -0.15) is 0 Å². The summed E-state index contributed by atoms with van der Waals surface area (Å²) in [5.74, 6) is 0. The Morgan fingerprint density at radius 3 is 2.48 bits per heavy atom. The van der Waals surface area contributed by atoms with Gasteiger partial charge in [0.25, 0.3) is 0 Å². The van der Waals surface area contributed by atoms with E-state index in [0.29, 0.717) is 6.54 Å². The Bertz CT molecular complexity index is 659. The van der Waals surface area contributed by atoms with Crippen LogP contribution in [-0.2, 0) is 0 Å². The summed E-state index contributed by atoms with van der Waals surface area (Å²) in [6, 6.07) is 7.39. The van der Waals surface area contributed by atoms with Crippen molar-refractivity contribution < 1.29 is 9.90 Å². The fourth-order valence-corrected chi connectivity index (χ4v) is 2.84. The highest BCUT2D eigenvalue weighted by atomic mass is 32.1. The highest BCUT2D eigenvalue weighted by molar-refractivity contribution is 7.09. The van der Waals surface area contributed by atoms with Gasteiger partial charge in [-0.15, -0.1) is 11.3 Å². The van der Waals surface area contributed by atoms with Crippen molar-refractivity contribution in [3.63, 3.8) is 0 Å². The van der Waals surface area contributed by atoms with E-state index >= 15 is 0 Å². The predicted octanol–water partition coefficient (Wildman–Crippen LogP) is 3.74. The standard InChI is InChI=1S/C17H23N3O2S/c1-5-20(11-17(3,4)22)16(21)19-14-8-6-13(7-9-14)15-10-23-12(2)18-15/h6-10,22H,5,11H2,1-4H3,(H,19,21). The van der Waals surface area contributed by atoms with Gasteiger partial charge in [0.15, 0.2) is 0 Å². The van der Waals surface area contributed by atoms with E-state index < -0.39 is 5.60 Å². The molecule has 23 heavy (non-hydrogen) atoms. The number of hydrogen-bond acceptors (Lipinski definition) is 4. The zero-order chi connectivity index (χ0) is 17.0. The molecule has 2 rings (SSSR count). The van der Waals surface area contributed by atoms with Crippen molar-refractivity contribution in [2.24, 2.45) is 0 Å².